The van der Waals surface area contributed by atoms with Crippen molar-refractivity contribution in [2.45, 2.75) is 57.3 Å². The fraction of sp³-hybridized carbons (Fsp3) is 0.611. The van der Waals surface area contributed by atoms with E-state index in [1.54, 1.807) is 27.7 Å². The molecule has 158 valence electrons. The van der Waals surface area contributed by atoms with E-state index in [0.717, 1.165) is 16.4 Å². The predicted octanol–water partition coefficient (Wildman–Crippen LogP) is 3.70. The molecule has 0 spiro atoms. The van der Waals surface area contributed by atoms with Crippen LogP contribution in [0.25, 0.3) is 0 Å². The Bertz CT molecular complexity index is 878. The van der Waals surface area contributed by atoms with Crippen LogP contribution in [-0.2, 0) is 16.2 Å². The zero-order chi connectivity index (χ0) is 21.7. The van der Waals surface area contributed by atoms with Crippen LogP contribution in [0, 0.1) is 6.92 Å². The van der Waals surface area contributed by atoms with Crippen molar-refractivity contribution in [1.82, 2.24) is 4.31 Å². The molecule has 1 saturated heterocycles. The predicted molar refractivity (Wildman–Crippen MR) is 97.3 cm³/mol. The maximum Gasteiger partial charge on any atom is 0.514 e. The summed E-state index contributed by atoms with van der Waals surface area (Å²) in [6.07, 6.45) is -5.71. The van der Waals surface area contributed by atoms with E-state index in [4.69, 9.17) is 0 Å². The molecule has 10 heteroatoms. The molecule has 1 amide bonds. The van der Waals surface area contributed by atoms with Gasteiger partial charge in [0.05, 0.1) is 23.5 Å². The van der Waals surface area contributed by atoms with E-state index in [-0.39, 0.29) is 29.7 Å². The largest absolute Gasteiger partial charge is 0.514 e. The molecule has 0 saturated carbocycles. The lowest BCUT2D eigenvalue weighted by Gasteiger charge is -2.51. The van der Waals surface area contributed by atoms with Gasteiger partial charge in [0.1, 0.15) is 18.1 Å². The standard InChI is InChI=1S/C18H25F3N2O4S/c1-12-6-7-14(18(19,20)21)10-15(12)28(26,27)22-8-9-23(16(24)25,13(2)11-22)17(3,4)5/h6-7,10,13H,8-9,11H2,1-5H3/p+1/t13-,23?/m0/s1. The van der Waals surface area contributed by atoms with Crippen LogP contribution in [0.3, 0.4) is 0 Å². The Labute approximate surface area is 163 Å². The number of hydrogen-bond donors (Lipinski definition) is 1. The summed E-state index contributed by atoms with van der Waals surface area (Å²) in [5.41, 5.74) is -1.50. The number of nitrogens with zero attached hydrogens (tertiary/aromatic N) is 2. The third-order valence-electron chi connectivity index (χ3n) is 5.59. The van der Waals surface area contributed by atoms with Crippen LogP contribution in [0.4, 0.5) is 18.0 Å². The van der Waals surface area contributed by atoms with Gasteiger partial charge in [0.15, 0.2) is 0 Å². The van der Waals surface area contributed by atoms with E-state index >= 15 is 0 Å². The zero-order valence-corrected chi connectivity index (χ0v) is 17.4. The molecular weight excluding hydrogens is 397 g/mol. The molecule has 1 unspecified atom stereocenters. The quantitative estimate of drug-likeness (QED) is 0.736. The minimum absolute atomic E-state index is 0.0250. The number of piperazine rings is 1. The first-order valence-corrected chi connectivity index (χ1v) is 10.3. The summed E-state index contributed by atoms with van der Waals surface area (Å²) >= 11 is 0. The second-order valence-corrected chi connectivity index (χ2v) is 10.1. The molecule has 1 aliphatic rings. The molecule has 1 N–H and O–H groups in total. The molecule has 0 bridgehead atoms. The van der Waals surface area contributed by atoms with Gasteiger partial charge in [-0.15, -0.1) is 0 Å². The first-order chi connectivity index (χ1) is 12.5. The summed E-state index contributed by atoms with van der Waals surface area (Å²) in [6, 6.07) is 2.05. The Morgan fingerprint density at radius 3 is 2.25 bits per heavy atom. The summed E-state index contributed by atoms with van der Waals surface area (Å²) in [4.78, 5) is 11.6. The van der Waals surface area contributed by atoms with Gasteiger partial charge in [-0.2, -0.15) is 22.3 Å². The van der Waals surface area contributed by atoms with E-state index in [0.29, 0.717) is 6.07 Å². The minimum atomic E-state index is -4.66. The van der Waals surface area contributed by atoms with Crippen molar-refractivity contribution in [3.05, 3.63) is 29.3 Å². The number of rotatable bonds is 2. The molecule has 0 radical (unpaired) electrons. The van der Waals surface area contributed by atoms with Gasteiger partial charge >= 0.3 is 12.3 Å². The molecule has 6 nitrogen and oxygen atoms in total. The summed E-state index contributed by atoms with van der Waals surface area (Å²) in [6.45, 7) is 8.26. The van der Waals surface area contributed by atoms with E-state index in [1.165, 1.54) is 6.92 Å². The van der Waals surface area contributed by atoms with Crippen LogP contribution in [0.2, 0.25) is 0 Å². The Kier molecular flexibility index (Phi) is 5.66. The minimum Gasteiger partial charge on any atom is -0.435 e. The van der Waals surface area contributed by atoms with Crippen molar-refractivity contribution in [2.75, 3.05) is 19.6 Å². The van der Waals surface area contributed by atoms with Crippen molar-refractivity contribution in [1.29, 1.82) is 0 Å². The lowest BCUT2D eigenvalue weighted by Crippen LogP contribution is -2.74. The zero-order valence-electron chi connectivity index (χ0n) is 16.5. The highest BCUT2D eigenvalue weighted by Gasteiger charge is 2.55. The van der Waals surface area contributed by atoms with Crippen LogP contribution in [-0.4, -0.2) is 59.6 Å². The molecule has 1 aliphatic heterocycles. The highest BCUT2D eigenvalue weighted by molar-refractivity contribution is 7.89. The maximum absolute atomic E-state index is 13.1. The normalized spacial score (nSPS) is 24.9. The fourth-order valence-electron chi connectivity index (χ4n) is 3.99. The Morgan fingerprint density at radius 2 is 1.82 bits per heavy atom. The fourth-order valence-corrected chi connectivity index (χ4v) is 5.76. The SMILES string of the molecule is Cc1ccc(C(F)(F)F)cc1S(=O)(=O)N1CC[N+](C(=O)O)(C(C)(C)C)[C@@H](C)C1. The molecule has 1 fully saturated rings. The van der Waals surface area contributed by atoms with Gasteiger partial charge in [0.25, 0.3) is 0 Å². The van der Waals surface area contributed by atoms with Crippen molar-refractivity contribution in [2.24, 2.45) is 0 Å². The first kappa shape index (κ1) is 22.6. The lowest BCUT2D eigenvalue weighted by atomic mass is 9.96. The monoisotopic (exact) mass is 423 g/mol. The third-order valence-corrected chi connectivity index (χ3v) is 7.60. The smallest absolute Gasteiger partial charge is 0.435 e. The Hall–Kier alpha value is -1.65. The van der Waals surface area contributed by atoms with Gasteiger partial charge in [0.2, 0.25) is 10.0 Å². The number of carboxylic acid groups (broad SMARTS) is 1. The molecule has 28 heavy (non-hydrogen) atoms. The summed E-state index contributed by atoms with van der Waals surface area (Å²) in [7, 11) is -4.20. The number of benzene rings is 1. The van der Waals surface area contributed by atoms with Gasteiger partial charge in [-0.3, -0.25) is 0 Å². The second kappa shape index (κ2) is 7.00. The van der Waals surface area contributed by atoms with E-state index < -0.39 is 44.3 Å². The molecule has 0 aliphatic carbocycles. The van der Waals surface area contributed by atoms with Gasteiger partial charge < -0.3 is 5.11 Å². The van der Waals surface area contributed by atoms with E-state index in [9.17, 15) is 31.5 Å². The summed E-state index contributed by atoms with van der Waals surface area (Å²) < 4.78 is 66.0. The number of amides is 1. The van der Waals surface area contributed by atoms with Crippen molar-refractivity contribution in [3.8, 4) is 0 Å². The molecule has 2 rings (SSSR count). The molecular formula is C18H26F3N2O4S+. The highest BCUT2D eigenvalue weighted by Crippen LogP contribution is 2.36. The molecule has 1 heterocycles. The van der Waals surface area contributed by atoms with Gasteiger partial charge in [0, 0.05) is 0 Å². The van der Waals surface area contributed by atoms with Crippen LogP contribution in [0.1, 0.15) is 38.8 Å². The number of sulfonamides is 1. The average Bonchev–Trinajstić information content (AvgIpc) is 2.52. The van der Waals surface area contributed by atoms with Crippen LogP contribution < -0.4 is 0 Å². The van der Waals surface area contributed by atoms with E-state index in [2.05, 4.69) is 0 Å². The number of aryl methyl sites for hydroxylation is 1. The van der Waals surface area contributed by atoms with Gasteiger partial charge in [-0.25, -0.2) is 12.9 Å². The number of quaternary nitrogens is 1. The molecule has 2 atom stereocenters. The molecule has 0 aromatic heterocycles. The summed E-state index contributed by atoms with van der Waals surface area (Å²) in [5, 5.41) is 9.85. The van der Waals surface area contributed by atoms with E-state index in [1.807, 2.05) is 0 Å². The maximum atomic E-state index is 13.1. The highest BCUT2D eigenvalue weighted by atomic mass is 32.2. The van der Waals surface area contributed by atoms with Crippen LogP contribution in [0.5, 0.6) is 0 Å². The van der Waals surface area contributed by atoms with Crippen molar-refractivity contribution in [3.63, 3.8) is 0 Å². The number of hydrogen-bond acceptors (Lipinski definition) is 3. The Morgan fingerprint density at radius 1 is 1.25 bits per heavy atom. The van der Waals surface area contributed by atoms with Crippen molar-refractivity contribution < 1.29 is 36.0 Å². The number of alkyl halides is 3. The Balaban J connectivity index is 2.45. The number of halogens is 3. The lowest BCUT2D eigenvalue weighted by molar-refractivity contribution is -0.928. The van der Waals surface area contributed by atoms with Gasteiger partial charge in [-0.1, -0.05) is 6.07 Å². The van der Waals surface area contributed by atoms with Crippen LogP contribution >= 0.6 is 0 Å². The first-order valence-electron chi connectivity index (χ1n) is 8.84. The number of carbonyl (C=O) groups is 1. The second-order valence-electron chi connectivity index (χ2n) is 8.24. The van der Waals surface area contributed by atoms with Crippen molar-refractivity contribution >= 4 is 16.1 Å². The molecule has 1 aromatic rings. The average molecular weight is 423 g/mol. The molecule has 1 aromatic carbocycles. The third kappa shape index (κ3) is 3.65. The van der Waals surface area contributed by atoms with Gasteiger partial charge in [-0.05, 0) is 52.3 Å². The summed E-state index contributed by atoms with van der Waals surface area (Å²) in [5.74, 6) is 0. The topological polar surface area (TPSA) is 74.7 Å². The van der Waals surface area contributed by atoms with Crippen LogP contribution in [0.15, 0.2) is 23.1 Å².